The van der Waals surface area contributed by atoms with Crippen LogP contribution in [0.2, 0.25) is 0 Å². The molecule has 9 nitrogen and oxygen atoms in total. The Morgan fingerprint density at radius 2 is 2.23 bits per heavy atom. The number of nitrogens with one attached hydrogen (secondary N) is 1. The lowest BCUT2D eigenvalue weighted by molar-refractivity contribution is -0.129. The first-order valence-corrected chi connectivity index (χ1v) is 10.5. The van der Waals surface area contributed by atoms with Crippen molar-refractivity contribution in [1.29, 1.82) is 5.26 Å². The van der Waals surface area contributed by atoms with Gasteiger partial charge in [-0.2, -0.15) is 20.3 Å². The van der Waals surface area contributed by atoms with E-state index in [0.29, 0.717) is 34.5 Å². The van der Waals surface area contributed by atoms with Crippen LogP contribution in [0.25, 0.3) is 10.9 Å². The van der Waals surface area contributed by atoms with E-state index in [1.165, 1.54) is 21.5 Å². The van der Waals surface area contributed by atoms with Crippen LogP contribution in [-0.4, -0.2) is 60.9 Å². The Bertz CT molecular complexity index is 1150. The Kier molecular flexibility index (Phi) is 5.63. The zero-order valence-corrected chi connectivity index (χ0v) is 17.1. The number of hydrogen-bond acceptors (Lipinski definition) is 7. The van der Waals surface area contributed by atoms with Crippen LogP contribution in [0, 0.1) is 11.3 Å². The normalized spacial score (nSPS) is 15.9. The number of benzene rings is 1. The van der Waals surface area contributed by atoms with Crippen LogP contribution < -0.4 is 5.32 Å². The highest BCUT2D eigenvalue weighted by atomic mass is 32.2. The maximum absolute atomic E-state index is 12.8. The number of rotatable bonds is 5. The van der Waals surface area contributed by atoms with Gasteiger partial charge < -0.3 is 10.2 Å². The summed E-state index contributed by atoms with van der Waals surface area (Å²) < 4.78 is 0. The summed E-state index contributed by atoms with van der Waals surface area (Å²) in [6.45, 7) is -0.152. The topological polar surface area (TPSA) is 117 Å². The van der Waals surface area contributed by atoms with Crippen LogP contribution in [-0.2, 0) is 18.3 Å². The molecule has 0 spiro atoms. The molecule has 152 valence electrons. The number of pyridine rings is 1. The number of aromatic nitrogens is 4. The molecule has 1 saturated heterocycles. The maximum atomic E-state index is 12.8. The maximum Gasteiger partial charge on any atom is 0.252 e. The molecule has 3 aromatic rings. The molecule has 2 amide bonds. The third kappa shape index (κ3) is 4.11. The number of aryl methyl sites for hydroxylation is 1. The van der Waals surface area contributed by atoms with Crippen LogP contribution in [0.1, 0.15) is 21.6 Å². The number of thioether (sulfide) groups is 1. The Labute approximate surface area is 177 Å². The zero-order chi connectivity index (χ0) is 21.1. The zero-order valence-electron chi connectivity index (χ0n) is 16.3. The average Bonchev–Trinajstić information content (AvgIpc) is 3.40. The molecule has 0 bridgehead atoms. The Balaban J connectivity index is 1.51. The van der Waals surface area contributed by atoms with E-state index >= 15 is 0 Å². The summed E-state index contributed by atoms with van der Waals surface area (Å²) in [5, 5.41) is 20.9. The van der Waals surface area contributed by atoms with Crippen molar-refractivity contribution in [2.24, 2.45) is 7.05 Å². The molecule has 1 aromatic carbocycles. The van der Waals surface area contributed by atoms with Crippen molar-refractivity contribution in [2.45, 2.75) is 12.5 Å². The monoisotopic (exact) mass is 421 g/mol. The fraction of sp³-hybridized carbons (Fsp3) is 0.300. The molecule has 1 N–H and O–H groups in total. The molecule has 1 unspecified atom stereocenters. The van der Waals surface area contributed by atoms with E-state index in [0.717, 1.165) is 11.3 Å². The van der Waals surface area contributed by atoms with E-state index in [4.69, 9.17) is 5.26 Å². The van der Waals surface area contributed by atoms with Crippen LogP contribution in [0.5, 0.6) is 0 Å². The highest BCUT2D eigenvalue weighted by Crippen LogP contribution is 2.21. The van der Waals surface area contributed by atoms with Gasteiger partial charge in [0, 0.05) is 30.8 Å². The average molecular weight is 421 g/mol. The van der Waals surface area contributed by atoms with Crippen molar-refractivity contribution in [3.63, 3.8) is 0 Å². The fourth-order valence-electron chi connectivity index (χ4n) is 3.33. The van der Waals surface area contributed by atoms with Gasteiger partial charge in [-0.25, -0.2) is 0 Å². The molecule has 30 heavy (non-hydrogen) atoms. The highest BCUT2D eigenvalue weighted by Gasteiger charge is 2.29. The van der Waals surface area contributed by atoms with E-state index in [2.05, 4.69) is 26.6 Å². The van der Waals surface area contributed by atoms with Crippen molar-refractivity contribution >= 4 is 34.5 Å². The molecular weight excluding hydrogens is 402 g/mol. The van der Waals surface area contributed by atoms with Crippen LogP contribution in [0.3, 0.4) is 0 Å². The van der Waals surface area contributed by atoms with E-state index in [1.54, 1.807) is 25.5 Å². The summed E-state index contributed by atoms with van der Waals surface area (Å²) in [5.41, 5.74) is 2.94. The van der Waals surface area contributed by atoms with Crippen LogP contribution in [0.4, 0.5) is 0 Å². The number of carbonyl (C=O) groups excluding carboxylic acids is 2. The van der Waals surface area contributed by atoms with Crippen LogP contribution >= 0.6 is 11.8 Å². The number of fused-ring (bicyclic) bond motifs is 1. The van der Waals surface area contributed by atoms with Crippen molar-refractivity contribution in [3.8, 4) is 6.07 Å². The number of nitrogens with zero attached hydrogens (tertiary/aromatic N) is 6. The van der Waals surface area contributed by atoms with Gasteiger partial charge in [-0.15, -0.1) is 11.8 Å². The van der Waals surface area contributed by atoms with Gasteiger partial charge >= 0.3 is 0 Å². The molecular formula is C20H19N7O2S. The number of amides is 2. The lowest BCUT2D eigenvalue weighted by Gasteiger charge is -2.18. The van der Waals surface area contributed by atoms with Gasteiger partial charge in [0.15, 0.2) is 0 Å². The highest BCUT2D eigenvalue weighted by molar-refractivity contribution is 7.99. The number of carbonyl (C=O) groups is 2. The summed E-state index contributed by atoms with van der Waals surface area (Å²) >= 11 is 1.53. The summed E-state index contributed by atoms with van der Waals surface area (Å²) in [4.78, 5) is 32.5. The summed E-state index contributed by atoms with van der Waals surface area (Å²) in [7, 11) is 1.76. The number of nitriles is 1. The smallest absolute Gasteiger partial charge is 0.252 e. The molecule has 1 aliphatic heterocycles. The molecule has 2 aromatic heterocycles. The van der Waals surface area contributed by atoms with Crippen molar-refractivity contribution in [3.05, 3.63) is 53.5 Å². The van der Waals surface area contributed by atoms with E-state index < -0.39 is 6.04 Å². The van der Waals surface area contributed by atoms with Gasteiger partial charge in [0.05, 0.1) is 41.5 Å². The number of hydrogen-bond donors (Lipinski definition) is 1. The molecule has 10 heteroatoms. The Morgan fingerprint density at radius 1 is 1.37 bits per heavy atom. The molecule has 1 aliphatic rings. The third-order valence-corrected chi connectivity index (χ3v) is 5.85. The van der Waals surface area contributed by atoms with Gasteiger partial charge in [0.2, 0.25) is 5.91 Å². The van der Waals surface area contributed by atoms with Gasteiger partial charge in [-0.1, -0.05) is 6.07 Å². The van der Waals surface area contributed by atoms with E-state index in [9.17, 15) is 9.59 Å². The second-order valence-electron chi connectivity index (χ2n) is 6.90. The minimum absolute atomic E-state index is 0.152. The summed E-state index contributed by atoms with van der Waals surface area (Å²) in [5.74, 6) is 0.450. The lowest BCUT2D eigenvalue weighted by atomic mass is 10.0. The van der Waals surface area contributed by atoms with Crippen LogP contribution in [0.15, 0.2) is 36.7 Å². The molecule has 4 rings (SSSR count). The van der Waals surface area contributed by atoms with Gasteiger partial charge in [-0.3, -0.25) is 14.6 Å². The molecule has 0 aliphatic carbocycles. The van der Waals surface area contributed by atoms with Gasteiger partial charge in [0.1, 0.15) is 6.04 Å². The first-order chi connectivity index (χ1) is 14.5. The Hall–Kier alpha value is -3.45. The predicted octanol–water partition coefficient (Wildman–Crippen LogP) is 1.11. The SMILES string of the molecule is Cn1ncc(Cc2ccc3nccc(C(=O)NCC(=O)N4CSCC4C#N)c3c2)n1. The van der Waals surface area contributed by atoms with Gasteiger partial charge in [0.25, 0.3) is 5.91 Å². The minimum atomic E-state index is -0.440. The van der Waals surface area contributed by atoms with Gasteiger partial charge in [-0.05, 0) is 23.8 Å². The summed E-state index contributed by atoms with van der Waals surface area (Å²) in [6, 6.07) is 9.04. The standard InChI is InChI=1S/C20H19N7O2S/c1-26-24-9-14(25-26)6-13-2-3-18-17(7-13)16(4-5-22-18)20(29)23-10-19(28)27-12-30-11-15(27)8-21/h2-5,7,9,15H,6,10-12H2,1H3,(H,23,29). The lowest BCUT2D eigenvalue weighted by Crippen LogP contribution is -2.42. The molecule has 1 fully saturated rings. The summed E-state index contributed by atoms with van der Waals surface area (Å²) in [6.07, 6.45) is 3.86. The second-order valence-corrected chi connectivity index (χ2v) is 7.90. The van der Waals surface area contributed by atoms with E-state index in [1.807, 2.05) is 18.2 Å². The fourth-order valence-corrected chi connectivity index (χ4v) is 4.43. The van der Waals surface area contributed by atoms with Crippen molar-refractivity contribution < 1.29 is 9.59 Å². The third-order valence-electron chi connectivity index (χ3n) is 4.83. The first kappa shape index (κ1) is 19.8. The second kappa shape index (κ2) is 8.51. The quantitative estimate of drug-likeness (QED) is 0.656. The molecule has 0 radical (unpaired) electrons. The molecule has 3 heterocycles. The largest absolute Gasteiger partial charge is 0.343 e. The minimum Gasteiger partial charge on any atom is -0.343 e. The predicted molar refractivity (Wildman–Crippen MR) is 111 cm³/mol. The van der Waals surface area contributed by atoms with Crippen molar-refractivity contribution in [1.82, 2.24) is 30.2 Å². The Morgan fingerprint density at radius 3 is 3.00 bits per heavy atom. The molecule has 1 atom stereocenters. The molecule has 0 saturated carbocycles. The van der Waals surface area contributed by atoms with Crippen molar-refractivity contribution in [2.75, 3.05) is 18.2 Å². The van der Waals surface area contributed by atoms with E-state index in [-0.39, 0.29) is 18.4 Å². The first-order valence-electron chi connectivity index (χ1n) is 9.33.